The molecule has 1 amide bonds. The maximum atomic E-state index is 12.9. The first-order valence-corrected chi connectivity index (χ1v) is 11.0. The van der Waals surface area contributed by atoms with E-state index in [0.29, 0.717) is 11.3 Å². The first-order valence-electron chi connectivity index (χ1n) is 10.2. The Balaban J connectivity index is 1.60. The summed E-state index contributed by atoms with van der Waals surface area (Å²) < 4.78 is 0. The lowest BCUT2D eigenvalue weighted by Gasteiger charge is -2.36. The van der Waals surface area contributed by atoms with Crippen molar-refractivity contribution in [1.29, 1.82) is 0 Å². The number of hydrogen-bond donors (Lipinski definition) is 2. The van der Waals surface area contributed by atoms with E-state index < -0.39 is 0 Å². The summed E-state index contributed by atoms with van der Waals surface area (Å²) in [5.74, 6) is 0.787. The van der Waals surface area contributed by atoms with Crippen LogP contribution in [0.5, 0.6) is 0 Å². The molecule has 0 bridgehead atoms. The van der Waals surface area contributed by atoms with Gasteiger partial charge in [0.05, 0.1) is 5.56 Å². The molecule has 144 valence electrons. The molecule has 1 aromatic heterocycles. The minimum absolute atomic E-state index is 0.0824. The smallest absolute Gasteiger partial charge is 0.256 e. The van der Waals surface area contributed by atoms with E-state index in [1.165, 1.54) is 28.8 Å². The molecule has 0 radical (unpaired) electrons. The zero-order chi connectivity index (χ0) is 19.2. The summed E-state index contributed by atoms with van der Waals surface area (Å²) in [4.78, 5) is 14.3. The molecule has 1 aromatic carbocycles. The fourth-order valence-electron chi connectivity index (χ4n) is 4.37. The lowest BCUT2D eigenvalue weighted by atomic mass is 9.69. The summed E-state index contributed by atoms with van der Waals surface area (Å²) in [5, 5.41) is 7.82. The number of rotatable bonds is 4. The number of hydrogen-bond acceptors (Lipinski definition) is 3. The third-order valence-corrected chi connectivity index (χ3v) is 7.97. The van der Waals surface area contributed by atoms with Gasteiger partial charge in [-0.1, -0.05) is 58.4 Å². The quantitative estimate of drug-likeness (QED) is 0.711. The average Bonchev–Trinajstić information content (AvgIpc) is 3.06. The van der Waals surface area contributed by atoms with Crippen molar-refractivity contribution in [2.45, 2.75) is 66.0 Å². The minimum atomic E-state index is -0.140. The second kappa shape index (κ2) is 6.97. The Kier molecular flexibility index (Phi) is 4.79. The maximum absolute atomic E-state index is 12.9. The first-order chi connectivity index (χ1) is 12.9. The fraction of sp³-hybridized carbons (Fsp3) is 0.522. The molecule has 2 atom stereocenters. The number of benzene rings is 1. The summed E-state index contributed by atoms with van der Waals surface area (Å²) in [6.45, 7) is 9.22. The number of anilines is 1. The Labute approximate surface area is 166 Å². The van der Waals surface area contributed by atoms with Gasteiger partial charge in [0.25, 0.3) is 5.91 Å². The van der Waals surface area contributed by atoms with Crippen molar-refractivity contribution in [2.75, 3.05) is 5.32 Å². The van der Waals surface area contributed by atoms with Crippen LogP contribution in [0.1, 0.15) is 78.6 Å². The van der Waals surface area contributed by atoms with E-state index in [1.54, 1.807) is 11.3 Å². The lowest BCUT2D eigenvalue weighted by Crippen LogP contribution is -2.38. The molecular formula is C23H30N2OS. The minimum Gasteiger partial charge on any atom is -0.353 e. The van der Waals surface area contributed by atoms with E-state index in [9.17, 15) is 4.79 Å². The Morgan fingerprint density at radius 2 is 1.89 bits per heavy atom. The largest absolute Gasteiger partial charge is 0.353 e. The molecule has 1 aliphatic carbocycles. The Hall–Kier alpha value is -1.81. The molecule has 0 spiro atoms. The molecule has 0 saturated heterocycles. The highest BCUT2D eigenvalue weighted by atomic mass is 32.1. The third kappa shape index (κ3) is 3.29. The molecule has 1 aliphatic heterocycles. The van der Waals surface area contributed by atoms with Gasteiger partial charge in [0.15, 0.2) is 0 Å². The number of fused-ring (bicyclic) bond motifs is 3. The van der Waals surface area contributed by atoms with Crippen LogP contribution in [-0.2, 0) is 19.3 Å². The number of nitrogens with one attached hydrogen (secondary N) is 2. The first kappa shape index (κ1) is 18.5. The van der Waals surface area contributed by atoms with Crippen molar-refractivity contribution < 1.29 is 4.79 Å². The average molecular weight is 383 g/mol. The summed E-state index contributed by atoms with van der Waals surface area (Å²) >= 11 is 1.81. The van der Waals surface area contributed by atoms with Crippen LogP contribution in [0.4, 0.5) is 5.00 Å². The Bertz CT molecular complexity index is 850. The Morgan fingerprint density at radius 3 is 2.56 bits per heavy atom. The predicted molar refractivity (Wildman–Crippen MR) is 114 cm³/mol. The van der Waals surface area contributed by atoms with Crippen molar-refractivity contribution in [3.8, 4) is 0 Å². The van der Waals surface area contributed by atoms with Gasteiger partial charge >= 0.3 is 0 Å². The van der Waals surface area contributed by atoms with Gasteiger partial charge in [0, 0.05) is 4.88 Å². The van der Waals surface area contributed by atoms with Crippen LogP contribution >= 0.6 is 11.3 Å². The van der Waals surface area contributed by atoms with E-state index in [2.05, 4.69) is 62.6 Å². The lowest BCUT2D eigenvalue weighted by molar-refractivity contribution is 0.0934. The van der Waals surface area contributed by atoms with Crippen LogP contribution in [-0.4, -0.2) is 5.91 Å². The van der Waals surface area contributed by atoms with Crippen LogP contribution in [0.3, 0.4) is 0 Å². The van der Waals surface area contributed by atoms with Crippen molar-refractivity contribution in [2.24, 2.45) is 11.3 Å². The van der Waals surface area contributed by atoms with Crippen molar-refractivity contribution >= 4 is 22.2 Å². The molecular weight excluding hydrogens is 352 g/mol. The molecule has 3 nitrogen and oxygen atoms in total. The van der Waals surface area contributed by atoms with E-state index >= 15 is 0 Å². The van der Waals surface area contributed by atoms with Crippen LogP contribution in [0.2, 0.25) is 0 Å². The van der Waals surface area contributed by atoms with Crippen LogP contribution in [0.25, 0.3) is 0 Å². The molecule has 2 N–H and O–H groups in total. The van der Waals surface area contributed by atoms with E-state index in [4.69, 9.17) is 0 Å². The monoisotopic (exact) mass is 382 g/mol. The van der Waals surface area contributed by atoms with Crippen molar-refractivity contribution in [1.82, 2.24) is 5.32 Å². The van der Waals surface area contributed by atoms with Gasteiger partial charge < -0.3 is 10.6 Å². The molecule has 4 rings (SSSR count). The highest BCUT2D eigenvalue weighted by Crippen LogP contribution is 2.46. The van der Waals surface area contributed by atoms with Gasteiger partial charge in [0.2, 0.25) is 0 Å². The molecule has 2 aromatic rings. The molecule has 27 heavy (non-hydrogen) atoms. The highest BCUT2D eigenvalue weighted by molar-refractivity contribution is 7.16. The van der Waals surface area contributed by atoms with E-state index in [1.807, 2.05) is 0 Å². The molecule has 4 heteroatoms. The number of carbonyl (C=O) groups excluding carboxylic acids is 1. The van der Waals surface area contributed by atoms with E-state index in [-0.39, 0.29) is 12.1 Å². The van der Waals surface area contributed by atoms with Gasteiger partial charge in [-0.05, 0) is 53.7 Å². The van der Waals surface area contributed by atoms with Crippen molar-refractivity contribution in [3.63, 3.8) is 0 Å². The summed E-state index contributed by atoms with van der Waals surface area (Å²) in [7, 11) is 0. The predicted octanol–water partition coefficient (Wildman–Crippen LogP) is 5.71. The second-order valence-corrected chi connectivity index (χ2v) is 9.74. The topological polar surface area (TPSA) is 41.1 Å². The van der Waals surface area contributed by atoms with Gasteiger partial charge in [-0.25, -0.2) is 0 Å². The SMILES string of the molecule is CCc1ccc(C2NC(=O)c3c(sc4c3CCC(C(C)(C)CC)C4)N2)cc1. The normalized spacial score (nSPS) is 21.9. The summed E-state index contributed by atoms with van der Waals surface area (Å²) in [6.07, 6.45) is 5.42. The van der Waals surface area contributed by atoms with Crippen LogP contribution in [0, 0.1) is 11.3 Å². The zero-order valence-corrected chi connectivity index (χ0v) is 17.6. The molecule has 2 aliphatic rings. The number of carbonyl (C=O) groups is 1. The van der Waals surface area contributed by atoms with E-state index in [0.717, 1.165) is 35.4 Å². The standard InChI is InChI=1S/C23H30N2OS/c1-5-14-7-9-15(10-8-14)20-24-21(26)19-17-12-11-16(23(3,4)6-2)13-18(17)27-22(19)25-20/h7-10,16,20,25H,5-6,11-13H2,1-4H3,(H,24,26). The van der Waals surface area contributed by atoms with Crippen LogP contribution in [0.15, 0.2) is 24.3 Å². The van der Waals surface area contributed by atoms with Gasteiger partial charge in [-0.2, -0.15) is 0 Å². The summed E-state index contributed by atoms with van der Waals surface area (Å²) in [6, 6.07) is 8.54. The number of amides is 1. The van der Waals surface area contributed by atoms with Gasteiger partial charge in [-0.15, -0.1) is 11.3 Å². The zero-order valence-electron chi connectivity index (χ0n) is 16.8. The number of aryl methyl sites for hydroxylation is 1. The fourth-order valence-corrected chi connectivity index (χ4v) is 5.72. The second-order valence-electron chi connectivity index (χ2n) is 8.64. The molecule has 2 heterocycles. The van der Waals surface area contributed by atoms with Crippen LogP contribution < -0.4 is 10.6 Å². The molecule has 0 saturated carbocycles. The highest BCUT2D eigenvalue weighted by Gasteiger charge is 2.37. The summed E-state index contributed by atoms with van der Waals surface area (Å²) in [5.41, 5.74) is 4.99. The molecule has 2 unspecified atom stereocenters. The molecule has 0 fully saturated rings. The third-order valence-electron chi connectivity index (χ3n) is 6.78. The number of thiophene rings is 1. The van der Waals surface area contributed by atoms with Crippen molar-refractivity contribution in [3.05, 3.63) is 51.4 Å². The van der Waals surface area contributed by atoms with Gasteiger partial charge in [0.1, 0.15) is 11.2 Å². The Morgan fingerprint density at radius 1 is 1.15 bits per heavy atom. The maximum Gasteiger partial charge on any atom is 0.256 e. The van der Waals surface area contributed by atoms with Gasteiger partial charge in [-0.3, -0.25) is 4.79 Å².